The SMILES string of the molecule is CC(C)(C(=O)NCCCS(N)(=O)=O)S(C)(=O)=O. The summed E-state index contributed by atoms with van der Waals surface area (Å²) < 4.78 is 42.3. The Morgan fingerprint density at radius 1 is 1.24 bits per heavy atom. The number of sulfonamides is 1. The first-order valence-corrected chi connectivity index (χ1v) is 8.47. The van der Waals surface area contributed by atoms with Crippen molar-refractivity contribution in [1.29, 1.82) is 0 Å². The Balaban J connectivity index is 4.31. The normalized spacial score (nSPS) is 13.4. The summed E-state index contributed by atoms with van der Waals surface area (Å²) in [6.07, 6.45) is 1.11. The summed E-state index contributed by atoms with van der Waals surface area (Å²) in [7, 11) is -7.08. The van der Waals surface area contributed by atoms with Gasteiger partial charge < -0.3 is 5.32 Å². The number of hydrogen-bond acceptors (Lipinski definition) is 5. The van der Waals surface area contributed by atoms with Crippen LogP contribution in [0.1, 0.15) is 20.3 Å². The van der Waals surface area contributed by atoms with Crippen LogP contribution in [0.25, 0.3) is 0 Å². The van der Waals surface area contributed by atoms with Gasteiger partial charge in [-0.15, -0.1) is 0 Å². The number of carbonyl (C=O) groups excluding carboxylic acids is 1. The Labute approximate surface area is 102 Å². The number of amides is 1. The molecule has 17 heavy (non-hydrogen) atoms. The van der Waals surface area contributed by atoms with Crippen molar-refractivity contribution in [3.8, 4) is 0 Å². The fraction of sp³-hybridized carbons (Fsp3) is 0.875. The molecule has 0 spiro atoms. The van der Waals surface area contributed by atoms with Gasteiger partial charge in [0.05, 0.1) is 5.75 Å². The third-order valence-electron chi connectivity index (χ3n) is 2.36. The lowest BCUT2D eigenvalue weighted by molar-refractivity contribution is -0.122. The molecule has 0 aromatic heterocycles. The summed E-state index contributed by atoms with van der Waals surface area (Å²) in [6.45, 7) is 2.64. The number of rotatable bonds is 6. The molecule has 0 aliphatic heterocycles. The molecule has 0 saturated carbocycles. The Kier molecular flexibility index (Phi) is 5.11. The molecule has 0 aromatic carbocycles. The highest BCUT2D eigenvalue weighted by molar-refractivity contribution is 7.92. The maximum Gasteiger partial charge on any atom is 0.240 e. The van der Waals surface area contributed by atoms with Crippen molar-refractivity contribution >= 4 is 25.8 Å². The van der Waals surface area contributed by atoms with Crippen LogP contribution in [0.3, 0.4) is 0 Å². The Hall–Kier alpha value is -0.670. The Morgan fingerprint density at radius 2 is 1.71 bits per heavy atom. The topological polar surface area (TPSA) is 123 Å². The summed E-state index contributed by atoms with van der Waals surface area (Å²) in [4.78, 5) is 11.6. The highest BCUT2D eigenvalue weighted by Gasteiger charge is 2.38. The molecule has 0 rings (SSSR count). The monoisotopic (exact) mass is 286 g/mol. The minimum Gasteiger partial charge on any atom is -0.355 e. The van der Waals surface area contributed by atoms with Crippen LogP contribution in [0.2, 0.25) is 0 Å². The zero-order valence-electron chi connectivity index (χ0n) is 10.1. The lowest BCUT2D eigenvalue weighted by Crippen LogP contribution is -2.48. The molecular weight excluding hydrogens is 268 g/mol. The summed E-state index contributed by atoms with van der Waals surface area (Å²) >= 11 is 0. The molecule has 102 valence electrons. The van der Waals surface area contributed by atoms with Crippen LogP contribution < -0.4 is 10.5 Å². The molecule has 0 unspecified atom stereocenters. The van der Waals surface area contributed by atoms with E-state index in [-0.39, 0.29) is 18.7 Å². The number of hydrogen-bond donors (Lipinski definition) is 2. The molecule has 0 saturated heterocycles. The first kappa shape index (κ1) is 16.3. The minimum atomic E-state index is -3.56. The van der Waals surface area contributed by atoms with Crippen molar-refractivity contribution in [2.75, 3.05) is 18.6 Å². The molecule has 9 heteroatoms. The summed E-state index contributed by atoms with van der Waals surface area (Å²) in [6, 6.07) is 0. The van der Waals surface area contributed by atoms with Gasteiger partial charge >= 0.3 is 0 Å². The van der Waals surface area contributed by atoms with Crippen LogP contribution in [0.4, 0.5) is 0 Å². The quantitative estimate of drug-likeness (QED) is 0.581. The van der Waals surface area contributed by atoms with Crippen molar-refractivity contribution in [2.45, 2.75) is 25.0 Å². The van der Waals surface area contributed by atoms with Gasteiger partial charge in [-0.05, 0) is 20.3 Å². The molecule has 0 atom stereocenters. The molecule has 0 heterocycles. The van der Waals surface area contributed by atoms with Crippen molar-refractivity contribution < 1.29 is 21.6 Å². The Morgan fingerprint density at radius 3 is 2.06 bits per heavy atom. The van der Waals surface area contributed by atoms with E-state index in [0.29, 0.717) is 0 Å². The van der Waals surface area contributed by atoms with E-state index in [1.807, 2.05) is 0 Å². The molecule has 0 aliphatic rings. The highest BCUT2D eigenvalue weighted by atomic mass is 32.2. The maximum absolute atomic E-state index is 11.6. The fourth-order valence-corrected chi connectivity index (χ4v) is 1.81. The number of nitrogens with one attached hydrogen (secondary N) is 1. The van der Waals surface area contributed by atoms with Gasteiger partial charge in [0.1, 0.15) is 4.75 Å². The van der Waals surface area contributed by atoms with E-state index >= 15 is 0 Å². The fourth-order valence-electron chi connectivity index (χ4n) is 0.857. The average Bonchev–Trinajstić information content (AvgIpc) is 2.08. The van der Waals surface area contributed by atoms with Crippen LogP contribution >= 0.6 is 0 Å². The molecule has 0 aliphatic carbocycles. The maximum atomic E-state index is 11.6. The van der Waals surface area contributed by atoms with Crippen LogP contribution in [0.15, 0.2) is 0 Å². The second-order valence-electron chi connectivity index (χ2n) is 4.26. The van der Waals surface area contributed by atoms with Gasteiger partial charge in [0.15, 0.2) is 9.84 Å². The number of nitrogens with two attached hydrogens (primary N) is 1. The van der Waals surface area contributed by atoms with Gasteiger partial charge in [0.2, 0.25) is 15.9 Å². The van der Waals surface area contributed by atoms with Crippen molar-refractivity contribution in [3.63, 3.8) is 0 Å². The number of sulfone groups is 1. The molecular formula is C8H18N2O5S2. The first-order chi connectivity index (χ1) is 7.38. The molecule has 0 fully saturated rings. The molecule has 3 N–H and O–H groups in total. The molecule has 0 aromatic rings. The smallest absolute Gasteiger partial charge is 0.240 e. The van der Waals surface area contributed by atoms with E-state index in [9.17, 15) is 21.6 Å². The first-order valence-electron chi connectivity index (χ1n) is 4.86. The predicted molar refractivity (Wildman–Crippen MR) is 64.5 cm³/mol. The second kappa shape index (κ2) is 5.32. The van der Waals surface area contributed by atoms with Crippen LogP contribution in [-0.4, -0.2) is 46.0 Å². The van der Waals surface area contributed by atoms with E-state index in [0.717, 1.165) is 6.26 Å². The molecule has 7 nitrogen and oxygen atoms in total. The molecule has 0 radical (unpaired) electrons. The lowest BCUT2D eigenvalue weighted by atomic mass is 10.2. The minimum absolute atomic E-state index is 0.0637. The average molecular weight is 286 g/mol. The summed E-state index contributed by atoms with van der Waals surface area (Å²) in [5.41, 5.74) is 0. The van der Waals surface area contributed by atoms with E-state index in [4.69, 9.17) is 5.14 Å². The summed E-state index contributed by atoms with van der Waals surface area (Å²) in [5, 5.41) is 7.13. The van der Waals surface area contributed by atoms with Gasteiger partial charge in [-0.25, -0.2) is 22.0 Å². The van der Waals surface area contributed by atoms with Gasteiger partial charge in [0, 0.05) is 12.8 Å². The number of carbonyl (C=O) groups is 1. The highest BCUT2D eigenvalue weighted by Crippen LogP contribution is 2.14. The van der Waals surface area contributed by atoms with Crippen LogP contribution in [-0.2, 0) is 24.7 Å². The lowest BCUT2D eigenvalue weighted by Gasteiger charge is -2.21. The van der Waals surface area contributed by atoms with Crippen LogP contribution in [0.5, 0.6) is 0 Å². The van der Waals surface area contributed by atoms with Crippen molar-refractivity contribution in [3.05, 3.63) is 0 Å². The number of primary sulfonamides is 1. The zero-order valence-corrected chi connectivity index (χ0v) is 11.7. The van der Waals surface area contributed by atoms with E-state index in [1.165, 1.54) is 13.8 Å². The third-order valence-corrected chi connectivity index (χ3v) is 5.26. The summed E-state index contributed by atoms with van der Waals surface area (Å²) in [5.74, 6) is -0.915. The van der Waals surface area contributed by atoms with Crippen molar-refractivity contribution in [2.24, 2.45) is 5.14 Å². The zero-order chi connectivity index (χ0) is 13.9. The molecule has 1 amide bonds. The van der Waals surface area contributed by atoms with E-state index in [1.54, 1.807) is 0 Å². The van der Waals surface area contributed by atoms with Gasteiger partial charge in [-0.2, -0.15) is 0 Å². The second-order valence-corrected chi connectivity index (χ2v) is 8.56. The Bertz CT molecular complexity index is 478. The van der Waals surface area contributed by atoms with E-state index in [2.05, 4.69) is 5.32 Å². The largest absolute Gasteiger partial charge is 0.355 e. The van der Waals surface area contributed by atoms with E-state index < -0.39 is 30.5 Å². The van der Waals surface area contributed by atoms with Gasteiger partial charge in [0.25, 0.3) is 0 Å². The molecule has 0 bridgehead atoms. The predicted octanol–water partition coefficient (Wildman–Crippen LogP) is -1.40. The third kappa shape index (κ3) is 5.46. The standard InChI is InChI=1S/C8H18N2O5S2/c1-8(2,16(3,12)13)7(11)10-5-4-6-17(9,14)15/h4-6H2,1-3H3,(H,10,11)(H2,9,14,15). The van der Waals surface area contributed by atoms with Gasteiger partial charge in [-0.1, -0.05) is 0 Å². The van der Waals surface area contributed by atoms with Crippen molar-refractivity contribution in [1.82, 2.24) is 5.32 Å². The van der Waals surface area contributed by atoms with Crippen LogP contribution in [0, 0.1) is 0 Å². The van der Waals surface area contributed by atoms with Gasteiger partial charge in [-0.3, -0.25) is 4.79 Å².